The molecule has 0 aliphatic carbocycles. The van der Waals surface area contributed by atoms with E-state index in [2.05, 4.69) is 29.5 Å². The molecule has 2 aromatic rings. The summed E-state index contributed by atoms with van der Waals surface area (Å²) < 4.78 is 11.4. The number of carbonyl (C=O) groups is 1. The Morgan fingerprint density at radius 1 is 1.09 bits per heavy atom. The minimum absolute atomic E-state index is 0.127. The van der Waals surface area contributed by atoms with Gasteiger partial charge in [-0.05, 0) is 68.1 Å². The molecule has 4 N–H and O–H groups in total. The Morgan fingerprint density at radius 2 is 1.84 bits per heavy atom. The summed E-state index contributed by atoms with van der Waals surface area (Å²) in [5.41, 5.74) is 7.66. The SMILES string of the molecule is CC(C)COCCCNC(=NCc1cccc(C(N)=O)c1)Nc1ccc(OC(C)C)cc1. The summed E-state index contributed by atoms with van der Waals surface area (Å²) in [5, 5.41) is 6.67. The Kier molecular flexibility index (Phi) is 10.5. The maximum atomic E-state index is 11.4. The molecule has 0 spiro atoms. The second kappa shape index (κ2) is 13.4. The molecule has 0 saturated heterocycles. The minimum atomic E-state index is -0.447. The lowest BCUT2D eigenvalue weighted by atomic mass is 10.1. The summed E-state index contributed by atoms with van der Waals surface area (Å²) in [4.78, 5) is 16.1. The van der Waals surface area contributed by atoms with Gasteiger partial charge in [-0.15, -0.1) is 0 Å². The lowest BCUT2D eigenvalue weighted by Crippen LogP contribution is -2.32. The van der Waals surface area contributed by atoms with Crippen LogP contribution in [-0.4, -0.2) is 37.7 Å². The minimum Gasteiger partial charge on any atom is -0.491 e. The zero-order valence-electron chi connectivity index (χ0n) is 19.6. The summed E-state index contributed by atoms with van der Waals surface area (Å²) in [5.74, 6) is 1.55. The van der Waals surface area contributed by atoms with E-state index >= 15 is 0 Å². The number of ether oxygens (including phenoxy) is 2. The van der Waals surface area contributed by atoms with Crippen LogP contribution in [0.5, 0.6) is 5.75 Å². The number of primary amides is 1. The molecule has 0 saturated carbocycles. The third kappa shape index (κ3) is 9.83. The van der Waals surface area contributed by atoms with Crippen LogP contribution in [0.2, 0.25) is 0 Å². The summed E-state index contributed by atoms with van der Waals surface area (Å²) in [6, 6.07) is 15.0. The van der Waals surface area contributed by atoms with Crippen LogP contribution in [-0.2, 0) is 11.3 Å². The monoisotopic (exact) mass is 440 g/mol. The predicted octanol–water partition coefficient (Wildman–Crippen LogP) is 4.19. The van der Waals surface area contributed by atoms with Gasteiger partial charge in [-0.25, -0.2) is 4.99 Å². The van der Waals surface area contributed by atoms with Gasteiger partial charge in [-0.2, -0.15) is 0 Å². The highest BCUT2D eigenvalue weighted by molar-refractivity contribution is 5.94. The highest BCUT2D eigenvalue weighted by Crippen LogP contribution is 2.17. The normalized spacial score (nSPS) is 11.6. The quantitative estimate of drug-likeness (QED) is 0.261. The van der Waals surface area contributed by atoms with Crippen LogP contribution < -0.4 is 21.1 Å². The molecular weight excluding hydrogens is 404 g/mol. The van der Waals surface area contributed by atoms with Crippen molar-refractivity contribution in [2.24, 2.45) is 16.6 Å². The van der Waals surface area contributed by atoms with E-state index in [1.807, 2.05) is 50.2 Å². The third-order valence-electron chi connectivity index (χ3n) is 4.33. The fraction of sp³-hybridized carbons (Fsp3) is 0.440. The van der Waals surface area contributed by atoms with E-state index in [1.165, 1.54) is 0 Å². The number of nitrogens with zero attached hydrogens (tertiary/aromatic N) is 1. The van der Waals surface area contributed by atoms with E-state index in [9.17, 15) is 4.79 Å². The highest BCUT2D eigenvalue weighted by atomic mass is 16.5. The zero-order chi connectivity index (χ0) is 23.3. The average molecular weight is 441 g/mol. The van der Waals surface area contributed by atoms with Gasteiger partial charge in [-0.3, -0.25) is 4.79 Å². The molecule has 7 nitrogen and oxygen atoms in total. The molecule has 0 heterocycles. The lowest BCUT2D eigenvalue weighted by Gasteiger charge is -2.14. The van der Waals surface area contributed by atoms with Crippen molar-refractivity contribution >= 4 is 17.6 Å². The number of amides is 1. The number of guanidine groups is 1. The van der Waals surface area contributed by atoms with Crippen LogP contribution in [0.15, 0.2) is 53.5 Å². The number of nitrogens with one attached hydrogen (secondary N) is 2. The molecular formula is C25H36N4O3. The van der Waals surface area contributed by atoms with Gasteiger partial charge < -0.3 is 25.8 Å². The van der Waals surface area contributed by atoms with Crippen molar-refractivity contribution < 1.29 is 14.3 Å². The van der Waals surface area contributed by atoms with Crippen molar-refractivity contribution in [1.29, 1.82) is 0 Å². The summed E-state index contributed by atoms with van der Waals surface area (Å²) in [6.45, 7) is 10.9. The molecule has 0 aliphatic rings. The van der Waals surface area contributed by atoms with Crippen molar-refractivity contribution in [2.75, 3.05) is 25.1 Å². The number of benzene rings is 2. The number of hydrogen-bond acceptors (Lipinski definition) is 4. The van der Waals surface area contributed by atoms with Crippen LogP contribution in [0.25, 0.3) is 0 Å². The van der Waals surface area contributed by atoms with Gasteiger partial charge in [0, 0.05) is 31.0 Å². The van der Waals surface area contributed by atoms with Gasteiger partial charge >= 0.3 is 0 Å². The fourth-order valence-corrected chi connectivity index (χ4v) is 2.86. The highest BCUT2D eigenvalue weighted by Gasteiger charge is 2.05. The second-order valence-electron chi connectivity index (χ2n) is 8.29. The van der Waals surface area contributed by atoms with Gasteiger partial charge in [-0.1, -0.05) is 26.0 Å². The molecule has 174 valence electrons. The van der Waals surface area contributed by atoms with Crippen LogP contribution in [0, 0.1) is 5.92 Å². The summed E-state index contributed by atoms with van der Waals surface area (Å²) >= 11 is 0. The number of aliphatic imine (C=N–C) groups is 1. The Morgan fingerprint density at radius 3 is 2.50 bits per heavy atom. The predicted molar refractivity (Wildman–Crippen MR) is 130 cm³/mol. The van der Waals surface area contributed by atoms with Crippen LogP contribution in [0.4, 0.5) is 5.69 Å². The van der Waals surface area contributed by atoms with Crippen molar-refractivity contribution in [3.63, 3.8) is 0 Å². The molecule has 2 aromatic carbocycles. The second-order valence-corrected chi connectivity index (χ2v) is 8.29. The van der Waals surface area contributed by atoms with Crippen molar-refractivity contribution in [2.45, 2.75) is 46.8 Å². The van der Waals surface area contributed by atoms with E-state index in [0.29, 0.717) is 30.6 Å². The first kappa shape index (κ1) is 25.2. The number of rotatable bonds is 12. The number of nitrogens with two attached hydrogens (primary N) is 1. The van der Waals surface area contributed by atoms with E-state index in [-0.39, 0.29) is 6.10 Å². The average Bonchev–Trinajstić information content (AvgIpc) is 2.75. The number of anilines is 1. The Hall–Kier alpha value is -3.06. The molecule has 7 heteroatoms. The summed E-state index contributed by atoms with van der Waals surface area (Å²) in [6.07, 6.45) is 0.993. The van der Waals surface area contributed by atoms with Crippen LogP contribution in [0.1, 0.15) is 50.0 Å². The van der Waals surface area contributed by atoms with Crippen LogP contribution in [0.3, 0.4) is 0 Å². The van der Waals surface area contributed by atoms with E-state index in [4.69, 9.17) is 15.2 Å². The van der Waals surface area contributed by atoms with E-state index < -0.39 is 5.91 Å². The summed E-state index contributed by atoms with van der Waals surface area (Å²) in [7, 11) is 0. The van der Waals surface area contributed by atoms with Crippen LogP contribution >= 0.6 is 0 Å². The van der Waals surface area contributed by atoms with Gasteiger partial charge in [0.25, 0.3) is 0 Å². The molecule has 0 aliphatic heterocycles. The fourth-order valence-electron chi connectivity index (χ4n) is 2.86. The first-order valence-corrected chi connectivity index (χ1v) is 11.1. The molecule has 0 unspecified atom stereocenters. The molecule has 2 rings (SSSR count). The lowest BCUT2D eigenvalue weighted by molar-refractivity contribution is 0.1000. The number of carbonyl (C=O) groups excluding carboxylic acids is 1. The van der Waals surface area contributed by atoms with Crippen molar-refractivity contribution in [3.8, 4) is 5.75 Å². The molecule has 0 fully saturated rings. The maximum absolute atomic E-state index is 11.4. The zero-order valence-corrected chi connectivity index (χ0v) is 19.6. The molecule has 0 atom stereocenters. The van der Waals surface area contributed by atoms with Gasteiger partial charge in [0.05, 0.1) is 12.6 Å². The molecule has 0 aromatic heterocycles. The topological polar surface area (TPSA) is 98.0 Å². The van der Waals surface area contributed by atoms with Gasteiger partial charge in [0.2, 0.25) is 5.91 Å². The molecule has 0 bridgehead atoms. The maximum Gasteiger partial charge on any atom is 0.248 e. The number of hydrogen-bond donors (Lipinski definition) is 3. The Balaban J connectivity index is 2.02. The first-order chi connectivity index (χ1) is 15.3. The van der Waals surface area contributed by atoms with Gasteiger partial charge in [0.15, 0.2) is 5.96 Å². The Bertz CT molecular complexity index is 864. The van der Waals surface area contributed by atoms with Crippen molar-refractivity contribution in [1.82, 2.24) is 5.32 Å². The molecule has 1 amide bonds. The molecule has 32 heavy (non-hydrogen) atoms. The third-order valence-corrected chi connectivity index (χ3v) is 4.33. The standard InChI is InChI=1S/C25H36N4O3/c1-18(2)17-31-14-6-13-27-25(28-16-20-7-5-8-21(15-20)24(26)30)29-22-9-11-23(12-10-22)32-19(3)4/h5,7-12,15,18-19H,6,13-14,16-17H2,1-4H3,(H2,26,30)(H2,27,28,29). The van der Waals surface area contributed by atoms with E-state index in [0.717, 1.165) is 36.6 Å². The molecule has 0 radical (unpaired) electrons. The van der Waals surface area contributed by atoms with Crippen molar-refractivity contribution in [3.05, 3.63) is 59.7 Å². The van der Waals surface area contributed by atoms with Gasteiger partial charge in [0.1, 0.15) is 5.75 Å². The smallest absolute Gasteiger partial charge is 0.248 e. The van der Waals surface area contributed by atoms with E-state index in [1.54, 1.807) is 12.1 Å². The largest absolute Gasteiger partial charge is 0.491 e. The first-order valence-electron chi connectivity index (χ1n) is 11.1. The Labute approximate surface area is 191 Å².